The smallest absolute Gasteiger partial charge is 0.416 e. The van der Waals surface area contributed by atoms with Crippen molar-refractivity contribution in [2.75, 3.05) is 13.6 Å². The monoisotopic (exact) mass is 376 g/mol. The van der Waals surface area contributed by atoms with Crippen LogP contribution in [0.15, 0.2) is 60.8 Å². The van der Waals surface area contributed by atoms with E-state index in [0.29, 0.717) is 23.4 Å². The van der Waals surface area contributed by atoms with Crippen LogP contribution in [0.3, 0.4) is 0 Å². The topological polar surface area (TPSA) is 55.6 Å². The average Bonchev–Trinajstić information content (AvgIpc) is 2.61. The van der Waals surface area contributed by atoms with Gasteiger partial charge in [0.15, 0.2) is 0 Å². The van der Waals surface area contributed by atoms with E-state index < -0.39 is 16.7 Å². The third-order valence-corrected chi connectivity index (χ3v) is 3.94. The van der Waals surface area contributed by atoms with E-state index in [1.165, 1.54) is 30.3 Å². The van der Waals surface area contributed by atoms with E-state index in [-0.39, 0.29) is 11.4 Å². The van der Waals surface area contributed by atoms with Crippen molar-refractivity contribution in [3.63, 3.8) is 0 Å². The summed E-state index contributed by atoms with van der Waals surface area (Å²) in [6, 6.07) is 8.39. The number of hydrogen-bond donors (Lipinski definition) is 0. The zero-order valence-corrected chi connectivity index (χ0v) is 14.2. The third kappa shape index (κ3) is 4.28. The zero-order valence-electron chi connectivity index (χ0n) is 14.2. The summed E-state index contributed by atoms with van der Waals surface area (Å²) in [6.07, 6.45) is 1.10. The molecule has 27 heavy (non-hydrogen) atoms. The molecule has 1 aliphatic rings. The number of halogens is 3. The van der Waals surface area contributed by atoms with Crippen LogP contribution < -0.4 is 4.74 Å². The molecule has 2 aromatic carbocycles. The number of ether oxygens (including phenoxy) is 1. The van der Waals surface area contributed by atoms with Gasteiger partial charge in [0.1, 0.15) is 11.5 Å². The predicted molar refractivity (Wildman–Crippen MR) is 94.4 cm³/mol. The fraction of sp³-hybridized carbons (Fsp3) is 0.158. The average molecular weight is 376 g/mol. The van der Waals surface area contributed by atoms with Crippen LogP contribution in [0.2, 0.25) is 0 Å². The quantitative estimate of drug-likeness (QED) is 0.540. The molecule has 3 rings (SSSR count). The van der Waals surface area contributed by atoms with Crippen molar-refractivity contribution < 1.29 is 22.8 Å². The second kappa shape index (κ2) is 7.14. The largest absolute Gasteiger partial charge is 0.457 e. The van der Waals surface area contributed by atoms with Crippen LogP contribution >= 0.6 is 0 Å². The molecule has 140 valence electrons. The number of non-ortho nitro benzene ring substituents is 1. The van der Waals surface area contributed by atoms with Gasteiger partial charge in [-0.1, -0.05) is 12.2 Å². The van der Waals surface area contributed by atoms with Gasteiger partial charge in [-0.15, -0.1) is 0 Å². The number of nitro groups is 1. The molecule has 0 bridgehead atoms. The Bertz CT molecular complexity index is 919. The SMILES string of the molecule is CN1C=C(c2cc([N+](=O)[O-])ccc2Oc2ccc(C(F)(F)F)cc2)C=CC1. The summed E-state index contributed by atoms with van der Waals surface area (Å²) in [5.41, 5.74) is 0.298. The molecule has 0 saturated carbocycles. The lowest BCUT2D eigenvalue weighted by Crippen LogP contribution is -2.13. The van der Waals surface area contributed by atoms with E-state index in [9.17, 15) is 23.3 Å². The molecule has 1 heterocycles. The molecule has 0 unspecified atom stereocenters. The van der Waals surface area contributed by atoms with Crippen LogP contribution in [0, 0.1) is 10.1 Å². The van der Waals surface area contributed by atoms with Crippen molar-refractivity contribution in [2.24, 2.45) is 0 Å². The van der Waals surface area contributed by atoms with Gasteiger partial charge in [0.25, 0.3) is 5.69 Å². The van der Waals surface area contributed by atoms with Crippen LogP contribution in [0.1, 0.15) is 11.1 Å². The zero-order chi connectivity index (χ0) is 19.6. The summed E-state index contributed by atoms with van der Waals surface area (Å²) in [5, 5.41) is 11.1. The van der Waals surface area contributed by atoms with Gasteiger partial charge in [-0.3, -0.25) is 10.1 Å². The maximum atomic E-state index is 12.7. The van der Waals surface area contributed by atoms with Crippen molar-refractivity contribution in [1.29, 1.82) is 0 Å². The maximum absolute atomic E-state index is 12.7. The van der Waals surface area contributed by atoms with Gasteiger partial charge in [0.2, 0.25) is 0 Å². The van der Waals surface area contributed by atoms with Gasteiger partial charge in [-0.25, -0.2) is 0 Å². The second-order valence-corrected chi connectivity index (χ2v) is 5.99. The summed E-state index contributed by atoms with van der Waals surface area (Å²) in [6.45, 7) is 0.702. The van der Waals surface area contributed by atoms with Crippen molar-refractivity contribution in [3.05, 3.63) is 82.1 Å². The van der Waals surface area contributed by atoms with Crippen LogP contribution in [0.25, 0.3) is 5.57 Å². The third-order valence-electron chi connectivity index (χ3n) is 3.94. The van der Waals surface area contributed by atoms with Crippen LogP contribution in [0.4, 0.5) is 18.9 Å². The van der Waals surface area contributed by atoms with Crippen LogP contribution in [-0.2, 0) is 6.18 Å². The van der Waals surface area contributed by atoms with E-state index in [1.807, 2.05) is 30.3 Å². The molecule has 0 atom stereocenters. The number of benzene rings is 2. The number of allylic oxidation sites excluding steroid dienone is 2. The summed E-state index contributed by atoms with van der Waals surface area (Å²) in [5.74, 6) is 0.512. The Morgan fingerprint density at radius 2 is 1.85 bits per heavy atom. The second-order valence-electron chi connectivity index (χ2n) is 5.99. The highest BCUT2D eigenvalue weighted by Crippen LogP contribution is 2.36. The van der Waals surface area contributed by atoms with E-state index in [0.717, 1.165) is 12.1 Å². The van der Waals surface area contributed by atoms with Crippen molar-refractivity contribution >= 4 is 11.3 Å². The standard InChI is InChI=1S/C19H15F3N2O3/c1-23-10-2-3-13(12-23)17-11-15(24(25)26)6-9-18(17)27-16-7-4-14(5-8-16)19(20,21)22/h2-9,11-12H,10H2,1H3. The normalized spacial score (nSPS) is 14.1. The fourth-order valence-corrected chi connectivity index (χ4v) is 2.62. The molecule has 1 aliphatic heterocycles. The van der Waals surface area contributed by atoms with Crippen molar-refractivity contribution in [1.82, 2.24) is 4.90 Å². The summed E-state index contributed by atoms with van der Waals surface area (Å²) < 4.78 is 43.8. The molecule has 2 aromatic rings. The summed E-state index contributed by atoms with van der Waals surface area (Å²) in [7, 11) is 1.86. The minimum atomic E-state index is -4.43. The van der Waals surface area contributed by atoms with Gasteiger partial charge in [-0.2, -0.15) is 13.2 Å². The Morgan fingerprint density at radius 3 is 2.44 bits per heavy atom. The number of rotatable bonds is 4. The van der Waals surface area contributed by atoms with Gasteiger partial charge in [-0.05, 0) is 30.3 Å². The minimum Gasteiger partial charge on any atom is -0.457 e. The molecule has 0 aliphatic carbocycles. The highest BCUT2D eigenvalue weighted by atomic mass is 19.4. The van der Waals surface area contributed by atoms with Crippen molar-refractivity contribution in [3.8, 4) is 11.5 Å². The molecule has 5 nitrogen and oxygen atoms in total. The summed E-state index contributed by atoms with van der Waals surface area (Å²) >= 11 is 0. The predicted octanol–water partition coefficient (Wildman–Crippen LogP) is 5.25. The molecule has 0 aromatic heterocycles. The number of hydrogen-bond acceptors (Lipinski definition) is 4. The molecule has 0 amide bonds. The lowest BCUT2D eigenvalue weighted by molar-refractivity contribution is -0.384. The highest BCUT2D eigenvalue weighted by Gasteiger charge is 2.30. The summed E-state index contributed by atoms with van der Waals surface area (Å²) in [4.78, 5) is 12.5. The van der Waals surface area contributed by atoms with E-state index in [1.54, 1.807) is 0 Å². The number of alkyl halides is 3. The maximum Gasteiger partial charge on any atom is 0.416 e. The van der Waals surface area contributed by atoms with Crippen LogP contribution in [-0.4, -0.2) is 23.4 Å². The minimum absolute atomic E-state index is 0.104. The Morgan fingerprint density at radius 1 is 1.15 bits per heavy atom. The molecule has 0 fully saturated rings. The number of nitrogens with zero attached hydrogens (tertiary/aromatic N) is 2. The lowest BCUT2D eigenvalue weighted by Gasteiger charge is -2.19. The Labute approximate surface area is 153 Å². The fourth-order valence-electron chi connectivity index (χ4n) is 2.62. The molecule has 8 heteroatoms. The van der Waals surface area contributed by atoms with Gasteiger partial charge >= 0.3 is 6.18 Å². The molecule has 0 radical (unpaired) electrons. The van der Waals surface area contributed by atoms with Crippen LogP contribution in [0.5, 0.6) is 11.5 Å². The first-order valence-electron chi connectivity index (χ1n) is 7.96. The molecular weight excluding hydrogens is 361 g/mol. The van der Waals surface area contributed by atoms with Gasteiger partial charge in [0.05, 0.1) is 10.5 Å². The number of nitro benzene ring substituents is 1. The first-order chi connectivity index (χ1) is 12.7. The molecule has 0 saturated heterocycles. The Kier molecular flexibility index (Phi) is 4.89. The highest BCUT2D eigenvalue weighted by molar-refractivity contribution is 5.79. The molecular formula is C19H15F3N2O3. The van der Waals surface area contributed by atoms with E-state index in [4.69, 9.17) is 4.74 Å². The first-order valence-corrected chi connectivity index (χ1v) is 7.96. The molecule has 0 N–H and O–H groups in total. The van der Waals surface area contributed by atoms with E-state index >= 15 is 0 Å². The van der Waals surface area contributed by atoms with Crippen molar-refractivity contribution in [2.45, 2.75) is 6.18 Å². The van der Waals surface area contributed by atoms with Gasteiger partial charge < -0.3 is 9.64 Å². The molecule has 0 spiro atoms. The first kappa shape index (κ1) is 18.5. The van der Waals surface area contributed by atoms with Gasteiger partial charge in [0, 0.05) is 43.1 Å². The van der Waals surface area contributed by atoms with E-state index in [2.05, 4.69) is 0 Å². The Hall–Kier alpha value is -3.29. The Balaban J connectivity index is 1.97. The lowest BCUT2D eigenvalue weighted by atomic mass is 10.0. The number of likely N-dealkylation sites (N-methyl/N-ethyl adjacent to an activating group) is 1.